The number of amides is 1. The lowest BCUT2D eigenvalue weighted by molar-refractivity contribution is -0.144. The first-order chi connectivity index (χ1) is 13.0. The lowest BCUT2D eigenvalue weighted by atomic mass is 9.99. The van der Waals surface area contributed by atoms with E-state index in [1.54, 1.807) is 6.92 Å². The summed E-state index contributed by atoms with van der Waals surface area (Å²) in [5, 5.41) is 11.4. The zero-order chi connectivity index (χ0) is 21.1. The predicted octanol–water partition coefficient (Wildman–Crippen LogP) is 4.11. The van der Waals surface area contributed by atoms with Crippen LogP contribution in [-0.4, -0.2) is 29.6 Å². The van der Waals surface area contributed by atoms with Crippen molar-refractivity contribution in [1.82, 2.24) is 5.32 Å². The van der Waals surface area contributed by atoms with Crippen LogP contribution in [0.5, 0.6) is 5.75 Å². The van der Waals surface area contributed by atoms with Crippen molar-refractivity contribution < 1.29 is 37.0 Å². The fourth-order valence-corrected chi connectivity index (χ4v) is 2.40. The number of rotatable bonds is 6. The molecule has 150 valence electrons. The molecule has 0 aliphatic rings. The number of benzene rings is 2. The highest BCUT2D eigenvalue weighted by Crippen LogP contribution is 2.38. The average molecular weight is 399 g/mol. The van der Waals surface area contributed by atoms with Gasteiger partial charge in [0, 0.05) is 12.1 Å². The van der Waals surface area contributed by atoms with Crippen LogP contribution in [0.1, 0.15) is 29.8 Å². The van der Waals surface area contributed by atoms with Gasteiger partial charge in [0.2, 0.25) is 0 Å². The second-order valence-corrected chi connectivity index (χ2v) is 5.86. The first-order valence-electron chi connectivity index (χ1n) is 8.23. The Morgan fingerprint density at radius 2 is 1.86 bits per heavy atom. The number of hydrogen-bond acceptors (Lipinski definition) is 3. The van der Waals surface area contributed by atoms with Crippen LogP contribution in [-0.2, 0) is 11.0 Å². The van der Waals surface area contributed by atoms with E-state index in [0.717, 1.165) is 30.3 Å². The Morgan fingerprint density at radius 3 is 2.39 bits per heavy atom. The molecule has 0 aliphatic carbocycles. The predicted molar refractivity (Wildman–Crippen MR) is 92.6 cm³/mol. The zero-order valence-electron chi connectivity index (χ0n) is 14.9. The van der Waals surface area contributed by atoms with Crippen molar-refractivity contribution in [3.8, 4) is 16.9 Å². The summed E-state index contributed by atoms with van der Waals surface area (Å²) in [7, 11) is 0. The van der Waals surface area contributed by atoms with Crippen LogP contribution in [0.2, 0.25) is 0 Å². The Balaban J connectivity index is 2.56. The lowest BCUT2D eigenvalue weighted by Crippen LogP contribution is -2.24. The van der Waals surface area contributed by atoms with Crippen molar-refractivity contribution in [2.24, 2.45) is 0 Å². The van der Waals surface area contributed by atoms with Gasteiger partial charge in [-0.15, -0.1) is 0 Å². The molecule has 0 saturated heterocycles. The third-order valence-corrected chi connectivity index (χ3v) is 3.82. The Kier molecular flexibility index (Phi) is 6.27. The van der Waals surface area contributed by atoms with Gasteiger partial charge in [0.15, 0.2) is 6.10 Å². The first-order valence-corrected chi connectivity index (χ1v) is 8.23. The summed E-state index contributed by atoms with van der Waals surface area (Å²) < 4.78 is 58.8. The summed E-state index contributed by atoms with van der Waals surface area (Å²) in [4.78, 5) is 22.8. The molecule has 0 bridgehead atoms. The maximum Gasteiger partial charge on any atom is 0.416 e. The monoisotopic (exact) mass is 399 g/mol. The largest absolute Gasteiger partial charge is 0.479 e. The van der Waals surface area contributed by atoms with Gasteiger partial charge in [0.05, 0.1) is 11.1 Å². The second-order valence-electron chi connectivity index (χ2n) is 5.86. The molecule has 0 aromatic heterocycles. The molecule has 9 heteroatoms. The SMILES string of the molecule is CCNC(=O)c1ccc(-c2cc(C(F)(F)F)ccc2O[C@@H](C)C(=O)O)cc1F. The third kappa shape index (κ3) is 4.79. The Bertz CT molecular complexity index is 896. The number of halogens is 4. The van der Waals surface area contributed by atoms with Crippen LogP contribution in [0, 0.1) is 5.82 Å². The van der Waals surface area contributed by atoms with Gasteiger partial charge >= 0.3 is 12.1 Å². The summed E-state index contributed by atoms with van der Waals surface area (Å²) in [6, 6.07) is 5.77. The zero-order valence-corrected chi connectivity index (χ0v) is 14.9. The number of carboxylic acids is 1. The molecule has 2 rings (SSSR count). The van der Waals surface area contributed by atoms with E-state index in [9.17, 15) is 27.2 Å². The van der Waals surface area contributed by atoms with Gasteiger partial charge in [-0.05, 0) is 49.7 Å². The van der Waals surface area contributed by atoms with Gasteiger partial charge in [-0.1, -0.05) is 6.07 Å². The molecule has 0 radical (unpaired) electrons. The van der Waals surface area contributed by atoms with Crippen molar-refractivity contribution in [3.63, 3.8) is 0 Å². The maximum absolute atomic E-state index is 14.3. The molecule has 0 fully saturated rings. The molecule has 0 aliphatic heterocycles. The second kappa shape index (κ2) is 8.28. The summed E-state index contributed by atoms with van der Waals surface area (Å²) >= 11 is 0. The molecule has 0 heterocycles. The molecule has 28 heavy (non-hydrogen) atoms. The van der Waals surface area contributed by atoms with Crippen LogP contribution in [0.4, 0.5) is 17.6 Å². The minimum atomic E-state index is -4.66. The van der Waals surface area contributed by atoms with Gasteiger partial charge < -0.3 is 15.2 Å². The summed E-state index contributed by atoms with van der Waals surface area (Å²) in [5.41, 5.74) is -1.42. The van der Waals surface area contributed by atoms with E-state index >= 15 is 0 Å². The number of carbonyl (C=O) groups excluding carboxylic acids is 1. The van der Waals surface area contributed by atoms with Crippen LogP contribution in [0.3, 0.4) is 0 Å². The minimum Gasteiger partial charge on any atom is -0.479 e. The van der Waals surface area contributed by atoms with Crippen molar-refractivity contribution in [1.29, 1.82) is 0 Å². The van der Waals surface area contributed by atoms with Crippen LogP contribution in [0.25, 0.3) is 11.1 Å². The van der Waals surface area contributed by atoms with Gasteiger partial charge in [-0.2, -0.15) is 13.2 Å². The van der Waals surface area contributed by atoms with E-state index in [0.29, 0.717) is 0 Å². The van der Waals surface area contributed by atoms with Gasteiger partial charge in [0.1, 0.15) is 11.6 Å². The van der Waals surface area contributed by atoms with E-state index in [1.807, 2.05) is 0 Å². The molecule has 0 saturated carbocycles. The fraction of sp³-hybridized carbons (Fsp3) is 0.263. The maximum atomic E-state index is 14.3. The third-order valence-electron chi connectivity index (χ3n) is 3.82. The van der Waals surface area contributed by atoms with Crippen molar-refractivity contribution in [3.05, 3.63) is 53.3 Å². The number of ether oxygens (including phenoxy) is 1. The van der Waals surface area contributed by atoms with Crippen LogP contribution >= 0.6 is 0 Å². The molecule has 5 nitrogen and oxygen atoms in total. The number of nitrogens with one attached hydrogen (secondary N) is 1. The molecule has 1 amide bonds. The summed E-state index contributed by atoms with van der Waals surface area (Å²) in [5.74, 6) is -3.07. The van der Waals surface area contributed by atoms with Crippen LogP contribution < -0.4 is 10.1 Å². The smallest absolute Gasteiger partial charge is 0.416 e. The van der Waals surface area contributed by atoms with Crippen molar-refractivity contribution in [2.75, 3.05) is 6.54 Å². The highest BCUT2D eigenvalue weighted by molar-refractivity contribution is 5.95. The number of carbonyl (C=O) groups is 2. The van der Waals surface area contributed by atoms with E-state index in [4.69, 9.17) is 9.84 Å². The quantitative estimate of drug-likeness (QED) is 0.717. The Hall–Kier alpha value is -3.10. The lowest BCUT2D eigenvalue weighted by Gasteiger charge is -2.17. The molecule has 0 unspecified atom stereocenters. The highest BCUT2D eigenvalue weighted by atomic mass is 19.4. The Morgan fingerprint density at radius 1 is 1.18 bits per heavy atom. The first kappa shape index (κ1) is 21.2. The average Bonchev–Trinajstić information content (AvgIpc) is 2.61. The van der Waals surface area contributed by atoms with Crippen molar-refractivity contribution in [2.45, 2.75) is 26.1 Å². The van der Waals surface area contributed by atoms with E-state index in [-0.39, 0.29) is 29.0 Å². The fourth-order valence-electron chi connectivity index (χ4n) is 2.40. The topological polar surface area (TPSA) is 75.6 Å². The van der Waals surface area contributed by atoms with E-state index in [2.05, 4.69) is 5.32 Å². The van der Waals surface area contributed by atoms with Crippen molar-refractivity contribution >= 4 is 11.9 Å². The minimum absolute atomic E-state index is 0.00392. The summed E-state index contributed by atoms with van der Waals surface area (Å²) in [6.07, 6.45) is -6.00. The normalized spacial score (nSPS) is 12.4. The van der Waals surface area contributed by atoms with E-state index < -0.39 is 35.5 Å². The molecule has 2 N–H and O–H groups in total. The number of alkyl halides is 3. The molecule has 1 atom stereocenters. The van der Waals surface area contributed by atoms with Gasteiger partial charge in [-0.25, -0.2) is 9.18 Å². The molecule has 2 aromatic rings. The summed E-state index contributed by atoms with van der Waals surface area (Å²) in [6.45, 7) is 3.14. The molecule has 0 spiro atoms. The highest BCUT2D eigenvalue weighted by Gasteiger charge is 2.32. The van der Waals surface area contributed by atoms with Crippen LogP contribution in [0.15, 0.2) is 36.4 Å². The number of carboxylic acid groups (broad SMARTS) is 1. The molecule has 2 aromatic carbocycles. The molecular weight excluding hydrogens is 382 g/mol. The number of aliphatic carboxylic acids is 1. The van der Waals surface area contributed by atoms with E-state index in [1.165, 1.54) is 13.0 Å². The van der Waals surface area contributed by atoms with Gasteiger partial charge in [0.25, 0.3) is 5.91 Å². The standard InChI is InChI=1S/C19H17F4NO4/c1-3-24-17(25)13-6-4-11(8-15(13)20)14-9-12(19(21,22)23)5-7-16(14)28-10(2)18(26)27/h4-10H,3H2,1-2H3,(H,24,25)(H,26,27)/t10-/m0/s1. The Labute approximate surface area is 157 Å². The number of hydrogen-bond donors (Lipinski definition) is 2. The van der Waals surface area contributed by atoms with Gasteiger partial charge in [-0.3, -0.25) is 4.79 Å². The molecular formula is C19H17F4NO4.